The number of rotatable bonds is 12. The number of unbranched alkanes of at least 4 members (excludes halogenated alkanes) is 1. The molecule has 0 fully saturated rings. The van der Waals surface area contributed by atoms with Gasteiger partial charge in [-0.25, -0.2) is 14.5 Å². The summed E-state index contributed by atoms with van der Waals surface area (Å²) in [5.41, 5.74) is 2.40. The van der Waals surface area contributed by atoms with E-state index in [0.29, 0.717) is 29.9 Å². The summed E-state index contributed by atoms with van der Waals surface area (Å²) < 4.78 is 13.3. The third-order valence-electron chi connectivity index (χ3n) is 5.67. The number of hydrogen-bond acceptors (Lipinski definition) is 6. The standard InChI is InChI=1S/C25H32N4O4/c1-5-7-15-29-22(27-24(28-29)25(32-3,33-4)14-6-2)16-18-12-13-21(26-17-18)19-10-8-9-11-20(19)23(30)31/h8-13,17H,5-7,14-16H2,1-4H3,(H,30,31). The summed E-state index contributed by atoms with van der Waals surface area (Å²) in [6.45, 7) is 4.96. The van der Waals surface area contributed by atoms with Gasteiger partial charge in [0, 0.05) is 45.4 Å². The number of methoxy groups -OCH3 is 2. The Kier molecular flexibility index (Phi) is 8.30. The van der Waals surface area contributed by atoms with Crippen molar-refractivity contribution in [3.8, 4) is 11.3 Å². The second kappa shape index (κ2) is 11.2. The largest absolute Gasteiger partial charge is 0.478 e. The van der Waals surface area contributed by atoms with E-state index in [-0.39, 0.29) is 5.56 Å². The quantitative estimate of drug-likeness (QED) is 0.399. The van der Waals surface area contributed by atoms with Crippen molar-refractivity contribution in [2.24, 2.45) is 0 Å². The van der Waals surface area contributed by atoms with Crippen LogP contribution in [0.25, 0.3) is 11.3 Å². The highest BCUT2D eigenvalue weighted by Crippen LogP contribution is 2.29. The van der Waals surface area contributed by atoms with Gasteiger partial charge in [0.15, 0.2) is 0 Å². The number of aryl methyl sites for hydroxylation is 1. The molecule has 1 aromatic carbocycles. The fourth-order valence-electron chi connectivity index (χ4n) is 3.83. The lowest BCUT2D eigenvalue weighted by Gasteiger charge is -2.27. The van der Waals surface area contributed by atoms with Crippen LogP contribution in [0.4, 0.5) is 0 Å². The van der Waals surface area contributed by atoms with Crippen molar-refractivity contribution in [1.29, 1.82) is 0 Å². The predicted octanol–water partition coefficient (Wildman–Crippen LogP) is 4.67. The Morgan fingerprint density at radius 1 is 1.09 bits per heavy atom. The summed E-state index contributed by atoms with van der Waals surface area (Å²) in [4.78, 5) is 20.9. The van der Waals surface area contributed by atoms with Gasteiger partial charge in [0.25, 0.3) is 0 Å². The number of aromatic carboxylic acids is 1. The van der Waals surface area contributed by atoms with Gasteiger partial charge in [-0.15, -0.1) is 0 Å². The maximum absolute atomic E-state index is 11.5. The van der Waals surface area contributed by atoms with Gasteiger partial charge in [-0.2, -0.15) is 5.10 Å². The summed E-state index contributed by atoms with van der Waals surface area (Å²) in [5, 5.41) is 14.2. The number of carbonyl (C=O) groups is 1. The lowest BCUT2D eigenvalue weighted by Crippen LogP contribution is -2.32. The predicted molar refractivity (Wildman–Crippen MR) is 125 cm³/mol. The van der Waals surface area contributed by atoms with E-state index in [1.54, 1.807) is 38.6 Å². The first-order valence-corrected chi connectivity index (χ1v) is 11.3. The molecule has 0 unspecified atom stereocenters. The third-order valence-corrected chi connectivity index (χ3v) is 5.67. The van der Waals surface area contributed by atoms with Crippen molar-refractivity contribution in [3.63, 3.8) is 0 Å². The molecule has 0 radical (unpaired) electrons. The van der Waals surface area contributed by atoms with Gasteiger partial charge >= 0.3 is 5.97 Å². The second-order valence-electron chi connectivity index (χ2n) is 7.92. The molecule has 3 aromatic rings. The van der Waals surface area contributed by atoms with Crippen LogP contribution in [0.15, 0.2) is 42.6 Å². The normalized spacial score (nSPS) is 11.6. The van der Waals surface area contributed by atoms with Crippen LogP contribution in [0, 0.1) is 0 Å². The minimum atomic E-state index is -0.972. The molecule has 2 aromatic heterocycles. The van der Waals surface area contributed by atoms with Crippen LogP contribution in [0.2, 0.25) is 0 Å². The molecule has 0 aliphatic heterocycles. The highest BCUT2D eigenvalue weighted by Gasteiger charge is 2.36. The van der Waals surface area contributed by atoms with Crippen LogP contribution < -0.4 is 0 Å². The summed E-state index contributed by atoms with van der Waals surface area (Å²) >= 11 is 0. The molecule has 8 heteroatoms. The molecule has 0 saturated carbocycles. The Morgan fingerprint density at radius 2 is 1.85 bits per heavy atom. The second-order valence-corrected chi connectivity index (χ2v) is 7.92. The molecule has 0 aliphatic rings. The van der Waals surface area contributed by atoms with E-state index in [1.165, 1.54) is 0 Å². The van der Waals surface area contributed by atoms with E-state index in [4.69, 9.17) is 19.6 Å². The zero-order chi connectivity index (χ0) is 23.8. The maximum Gasteiger partial charge on any atom is 0.336 e. The number of carboxylic acid groups (broad SMARTS) is 1. The topological polar surface area (TPSA) is 99.4 Å². The van der Waals surface area contributed by atoms with Gasteiger partial charge in [0.05, 0.1) is 11.3 Å². The first-order valence-electron chi connectivity index (χ1n) is 11.3. The molecule has 0 amide bonds. The number of ether oxygens (including phenoxy) is 2. The highest BCUT2D eigenvalue weighted by molar-refractivity contribution is 5.95. The molecule has 0 bridgehead atoms. The van der Waals surface area contributed by atoms with Crippen LogP contribution >= 0.6 is 0 Å². The molecule has 2 heterocycles. The van der Waals surface area contributed by atoms with E-state index in [1.807, 2.05) is 22.9 Å². The first-order chi connectivity index (χ1) is 16.0. The Labute approximate surface area is 194 Å². The van der Waals surface area contributed by atoms with Gasteiger partial charge in [-0.1, -0.05) is 51.0 Å². The summed E-state index contributed by atoms with van der Waals surface area (Å²) in [5.74, 6) is -0.599. The van der Waals surface area contributed by atoms with Crippen LogP contribution in [-0.4, -0.2) is 45.0 Å². The van der Waals surface area contributed by atoms with Crippen molar-refractivity contribution in [1.82, 2.24) is 19.7 Å². The lowest BCUT2D eigenvalue weighted by molar-refractivity contribution is -0.225. The molecule has 0 aliphatic carbocycles. The van der Waals surface area contributed by atoms with E-state index in [0.717, 1.165) is 37.2 Å². The molecule has 0 spiro atoms. The number of benzene rings is 1. The molecular weight excluding hydrogens is 420 g/mol. The molecule has 3 rings (SSSR count). The Balaban J connectivity index is 1.91. The van der Waals surface area contributed by atoms with Crippen LogP contribution in [-0.2, 0) is 28.2 Å². The third kappa shape index (κ3) is 5.46. The number of hydrogen-bond donors (Lipinski definition) is 1. The average Bonchev–Trinajstić information content (AvgIpc) is 3.24. The molecule has 0 atom stereocenters. The minimum Gasteiger partial charge on any atom is -0.478 e. The van der Waals surface area contributed by atoms with Crippen molar-refractivity contribution >= 4 is 5.97 Å². The van der Waals surface area contributed by atoms with E-state index in [9.17, 15) is 9.90 Å². The lowest BCUT2D eigenvalue weighted by atomic mass is 10.0. The highest BCUT2D eigenvalue weighted by atomic mass is 16.7. The monoisotopic (exact) mass is 452 g/mol. The Hall–Kier alpha value is -3.10. The SMILES string of the molecule is CCCCn1nc(C(CCC)(OC)OC)nc1Cc1ccc(-c2ccccc2C(=O)O)nc1. The van der Waals surface area contributed by atoms with Gasteiger partial charge in [0.1, 0.15) is 5.82 Å². The molecule has 33 heavy (non-hydrogen) atoms. The van der Waals surface area contributed by atoms with Crippen molar-refractivity contribution in [2.75, 3.05) is 14.2 Å². The van der Waals surface area contributed by atoms with Crippen molar-refractivity contribution in [3.05, 3.63) is 65.4 Å². The Bertz CT molecular complexity index is 1060. The van der Waals surface area contributed by atoms with E-state index >= 15 is 0 Å². The van der Waals surface area contributed by atoms with Crippen LogP contribution in [0.3, 0.4) is 0 Å². The van der Waals surface area contributed by atoms with Gasteiger partial charge in [-0.05, 0) is 24.1 Å². The molecule has 8 nitrogen and oxygen atoms in total. The molecular formula is C25H32N4O4. The summed E-state index contributed by atoms with van der Waals surface area (Å²) in [6, 6.07) is 10.7. The minimum absolute atomic E-state index is 0.230. The number of carboxylic acids is 1. The first kappa shape index (κ1) is 24.5. The van der Waals surface area contributed by atoms with Gasteiger partial charge in [0.2, 0.25) is 11.6 Å². The molecule has 176 valence electrons. The number of nitrogens with zero attached hydrogens (tertiary/aromatic N) is 4. The van der Waals surface area contributed by atoms with E-state index < -0.39 is 11.8 Å². The Morgan fingerprint density at radius 3 is 2.45 bits per heavy atom. The summed E-state index contributed by atoms with van der Waals surface area (Å²) in [6.07, 6.45) is 5.85. The fourth-order valence-corrected chi connectivity index (χ4v) is 3.83. The van der Waals surface area contributed by atoms with Crippen molar-refractivity contribution < 1.29 is 19.4 Å². The smallest absolute Gasteiger partial charge is 0.336 e. The average molecular weight is 453 g/mol. The zero-order valence-electron chi connectivity index (χ0n) is 19.7. The summed E-state index contributed by atoms with van der Waals surface area (Å²) in [7, 11) is 3.23. The van der Waals surface area contributed by atoms with Crippen LogP contribution in [0.5, 0.6) is 0 Å². The van der Waals surface area contributed by atoms with Crippen LogP contribution in [0.1, 0.15) is 67.1 Å². The fraction of sp³-hybridized carbons (Fsp3) is 0.440. The van der Waals surface area contributed by atoms with Crippen molar-refractivity contribution in [2.45, 2.75) is 58.3 Å². The zero-order valence-corrected chi connectivity index (χ0v) is 19.7. The number of pyridine rings is 1. The van der Waals surface area contributed by atoms with E-state index in [2.05, 4.69) is 18.8 Å². The molecule has 0 saturated heterocycles. The maximum atomic E-state index is 11.5. The van der Waals surface area contributed by atoms with Gasteiger partial charge in [-0.3, -0.25) is 4.98 Å². The number of aromatic nitrogens is 4. The molecule has 1 N–H and O–H groups in total. The van der Waals surface area contributed by atoms with Gasteiger partial charge < -0.3 is 14.6 Å².